The first-order valence-electron chi connectivity index (χ1n) is 6.02. The first-order valence-corrected chi connectivity index (χ1v) is 6.02. The van der Waals surface area contributed by atoms with E-state index in [0.29, 0.717) is 5.69 Å². The summed E-state index contributed by atoms with van der Waals surface area (Å²) >= 11 is 0. The maximum Gasteiger partial charge on any atom is 0.405 e. The van der Waals surface area contributed by atoms with Crippen LogP contribution in [0.4, 0.5) is 13.2 Å². The van der Waals surface area contributed by atoms with Crippen molar-refractivity contribution in [2.75, 3.05) is 0 Å². The first-order chi connectivity index (χ1) is 9.38. The summed E-state index contributed by atoms with van der Waals surface area (Å²) in [5.74, 6) is -0.504. The molecule has 1 aliphatic rings. The van der Waals surface area contributed by atoms with Gasteiger partial charge < -0.3 is 5.32 Å². The van der Waals surface area contributed by atoms with Crippen LogP contribution in [0.2, 0.25) is 0 Å². The van der Waals surface area contributed by atoms with Gasteiger partial charge in [-0.15, -0.1) is 0 Å². The van der Waals surface area contributed by atoms with Crippen molar-refractivity contribution in [1.82, 2.24) is 26.1 Å². The number of nitrogens with zero attached hydrogens (tertiary/aromatic N) is 2. The van der Waals surface area contributed by atoms with E-state index >= 15 is 0 Å². The highest BCUT2D eigenvalue weighted by atomic mass is 19.4. The summed E-state index contributed by atoms with van der Waals surface area (Å²) in [5.41, 5.74) is 5.02. The molecule has 1 saturated heterocycles. The molecule has 0 saturated carbocycles. The highest BCUT2D eigenvalue weighted by molar-refractivity contribution is 5.82. The fourth-order valence-corrected chi connectivity index (χ4v) is 1.89. The lowest BCUT2D eigenvalue weighted by atomic mass is 10.1. The van der Waals surface area contributed by atoms with Gasteiger partial charge in [-0.3, -0.25) is 4.79 Å². The Hall–Kier alpha value is -1.74. The second kappa shape index (κ2) is 5.71. The molecule has 1 aliphatic heterocycles. The summed E-state index contributed by atoms with van der Waals surface area (Å²) in [5, 5.41) is 2.61. The van der Waals surface area contributed by atoms with Gasteiger partial charge in [-0.05, 0) is 19.4 Å². The number of alkyl halides is 3. The van der Waals surface area contributed by atoms with E-state index in [2.05, 4.69) is 26.1 Å². The van der Waals surface area contributed by atoms with Crippen LogP contribution in [-0.2, 0) is 4.79 Å². The molecule has 2 rings (SSSR count). The third-order valence-corrected chi connectivity index (χ3v) is 3.02. The predicted octanol–water partition coefficient (Wildman–Crippen LogP) is 0.451. The summed E-state index contributed by atoms with van der Waals surface area (Å²) in [6.45, 7) is 1.70. The molecule has 3 unspecified atom stereocenters. The molecule has 0 aromatic carbocycles. The van der Waals surface area contributed by atoms with Crippen LogP contribution in [0, 0.1) is 0 Å². The Kier molecular flexibility index (Phi) is 4.19. The number of nitrogens with one attached hydrogen (secondary N) is 3. The molecule has 1 aromatic rings. The lowest BCUT2D eigenvalue weighted by Crippen LogP contribution is -2.45. The Morgan fingerprint density at radius 3 is 2.80 bits per heavy atom. The number of halogens is 3. The standard InChI is InChI=1S/C11H14F3N5O/c1-6(7-2-3-15-5-16-7)17-10(20)8-4-9(19-18-8)11(12,13)14/h2-3,5-6,8-9,18-19H,4H2,1H3,(H,17,20). The molecule has 3 N–H and O–H groups in total. The van der Waals surface area contributed by atoms with Gasteiger partial charge in [-0.2, -0.15) is 13.2 Å². The Labute approximate surface area is 113 Å². The zero-order chi connectivity index (χ0) is 14.8. The molecule has 3 atom stereocenters. The van der Waals surface area contributed by atoms with Crippen molar-refractivity contribution in [3.8, 4) is 0 Å². The van der Waals surface area contributed by atoms with Crippen LogP contribution in [0.25, 0.3) is 0 Å². The first kappa shape index (κ1) is 14.7. The monoisotopic (exact) mass is 289 g/mol. The normalized spacial score (nSPS) is 24.4. The van der Waals surface area contributed by atoms with Crippen LogP contribution in [0.1, 0.15) is 25.1 Å². The molecular formula is C11H14F3N5O. The predicted molar refractivity (Wildman–Crippen MR) is 63.1 cm³/mol. The zero-order valence-corrected chi connectivity index (χ0v) is 10.6. The molecule has 9 heteroatoms. The minimum atomic E-state index is -4.37. The third-order valence-electron chi connectivity index (χ3n) is 3.02. The minimum Gasteiger partial charge on any atom is -0.347 e. The molecule has 1 amide bonds. The quantitative estimate of drug-likeness (QED) is 0.753. The highest BCUT2D eigenvalue weighted by Gasteiger charge is 2.46. The van der Waals surface area contributed by atoms with E-state index < -0.39 is 30.2 Å². The van der Waals surface area contributed by atoms with Crippen molar-refractivity contribution in [1.29, 1.82) is 0 Å². The number of hydrogen-bond donors (Lipinski definition) is 3. The second-order valence-corrected chi connectivity index (χ2v) is 4.54. The number of carbonyl (C=O) groups excluding carboxylic acids is 1. The lowest BCUT2D eigenvalue weighted by molar-refractivity contribution is -0.153. The van der Waals surface area contributed by atoms with Crippen LogP contribution in [0.5, 0.6) is 0 Å². The van der Waals surface area contributed by atoms with E-state index in [0.717, 1.165) is 0 Å². The van der Waals surface area contributed by atoms with Gasteiger partial charge in [-0.1, -0.05) is 0 Å². The van der Waals surface area contributed by atoms with Crippen LogP contribution >= 0.6 is 0 Å². The SMILES string of the molecule is CC(NC(=O)C1CC(C(F)(F)F)NN1)c1ccncn1. The third kappa shape index (κ3) is 3.42. The molecule has 1 aromatic heterocycles. The Morgan fingerprint density at radius 1 is 1.50 bits per heavy atom. The Balaban J connectivity index is 1.90. The van der Waals surface area contributed by atoms with Gasteiger partial charge in [-0.25, -0.2) is 20.8 Å². The molecular weight excluding hydrogens is 275 g/mol. The van der Waals surface area contributed by atoms with Gasteiger partial charge in [0.1, 0.15) is 18.4 Å². The number of carbonyl (C=O) groups is 1. The Bertz CT molecular complexity index is 467. The Morgan fingerprint density at radius 2 is 2.25 bits per heavy atom. The van der Waals surface area contributed by atoms with Crippen LogP contribution in [0.15, 0.2) is 18.6 Å². The fourth-order valence-electron chi connectivity index (χ4n) is 1.89. The van der Waals surface area contributed by atoms with Gasteiger partial charge in [0.15, 0.2) is 0 Å². The molecule has 6 nitrogen and oxygen atoms in total. The number of hydrogen-bond acceptors (Lipinski definition) is 5. The van der Waals surface area contributed by atoms with Gasteiger partial charge in [0.2, 0.25) is 5.91 Å². The topological polar surface area (TPSA) is 78.9 Å². The van der Waals surface area contributed by atoms with E-state index in [9.17, 15) is 18.0 Å². The molecule has 0 bridgehead atoms. The molecule has 0 aliphatic carbocycles. The maximum absolute atomic E-state index is 12.5. The van der Waals surface area contributed by atoms with Crippen LogP contribution in [0.3, 0.4) is 0 Å². The van der Waals surface area contributed by atoms with E-state index in [1.807, 2.05) is 0 Å². The van der Waals surface area contributed by atoms with Crippen molar-refractivity contribution in [3.05, 3.63) is 24.3 Å². The molecule has 0 radical (unpaired) electrons. The van der Waals surface area contributed by atoms with E-state index in [4.69, 9.17) is 0 Å². The summed E-state index contributed by atoms with van der Waals surface area (Å²) in [6.07, 6.45) is -1.85. The average Bonchev–Trinajstić information content (AvgIpc) is 2.89. The molecule has 110 valence electrons. The van der Waals surface area contributed by atoms with Crippen molar-refractivity contribution in [2.45, 2.75) is 37.6 Å². The molecule has 0 spiro atoms. The maximum atomic E-state index is 12.5. The van der Waals surface area contributed by atoms with Crippen LogP contribution in [-0.4, -0.2) is 34.1 Å². The second-order valence-electron chi connectivity index (χ2n) is 4.54. The van der Waals surface area contributed by atoms with E-state index in [-0.39, 0.29) is 6.42 Å². The van der Waals surface area contributed by atoms with Crippen molar-refractivity contribution in [2.24, 2.45) is 0 Å². The molecule has 20 heavy (non-hydrogen) atoms. The summed E-state index contributed by atoms with van der Waals surface area (Å²) in [7, 11) is 0. The molecule has 1 fully saturated rings. The average molecular weight is 289 g/mol. The lowest BCUT2D eigenvalue weighted by Gasteiger charge is -2.16. The zero-order valence-electron chi connectivity index (χ0n) is 10.6. The van der Waals surface area contributed by atoms with Gasteiger partial charge in [0.05, 0.1) is 11.7 Å². The summed E-state index contributed by atoms with van der Waals surface area (Å²) in [4.78, 5) is 19.6. The summed E-state index contributed by atoms with van der Waals surface area (Å²) in [6, 6.07) is -1.42. The smallest absolute Gasteiger partial charge is 0.347 e. The van der Waals surface area contributed by atoms with Gasteiger partial charge in [0.25, 0.3) is 0 Å². The van der Waals surface area contributed by atoms with Crippen molar-refractivity contribution >= 4 is 5.91 Å². The number of rotatable bonds is 3. The number of amides is 1. The van der Waals surface area contributed by atoms with Gasteiger partial charge >= 0.3 is 6.18 Å². The number of aromatic nitrogens is 2. The van der Waals surface area contributed by atoms with E-state index in [1.165, 1.54) is 12.5 Å². The minimum absolute atomic E-state index is 0.341. The molecule has 2 heterocycles. The summed E-state index contributed by atoms with van der Waals surface area (Å²) < 4.78 is 37.4. The van der Waals surface area contributed by atoms with Gasteiger partial charge in [0, 0.05) is 6.20 Å². The largest absolute Gasteiger partial charge is 0.405 e. The van der Waals surface area contributed by atoms with Crippen LogP contribution < -0.4 is 16.2 Å². The fraction of sp³-hybridized carbons (Fsp3) is 0.545. The van der Waals surface area contributed by atoms with Crippen molar-refractivity contribution in [3.63, 3.8) is 0 Å². The van der Waals surface area contributed by atoms with Crippen molar-refractivity contribution < 1.29 is 18.0 Å². The van der Waals surface area contributed by atoms with E-state index in [1.54, 1.807) is 13.0 Å². The number of hydrazine groups is 1. The highest BCUT2D eigenvalue weighted by Crippen LogP contribution is 2.25.